The summed E-state index contributed by atoms with van der Waals surface area (Å²) in [6.07, 6.45) is 2.08. The van der Waals surface area contributed by atoms with Crippen LogP contribution in [-0.2, 0) is 13.1 Å². The molecule has 0 atom stereocenters. The molecule has 0 fully saturated rings. The number of hydrogen-bond acceptors (Lipinski definition) is 3. The number of nitrogens with zero attached hydrogens (tertiary/aromatic N) is 1. The second-order valence-electron chi connectivity index (χ2n) is 5.66. The molecular weight excluding hydrogens is 332 g/mol. The molecular formula is C19H24N4OS. The van der Waals surface area contributed by atoms with Gasteiger partial charge in [0.25, 0.3) is 0 Å². The van der Waals surface area contributed by atoms with Crippen molar-refractivity contribution in [3.05, 3.63) is 64.7 Å². The van der Waals surface area contributed by atoms with Gasteiger partial charge >= 0.3 is 0 Å². The summed E-state index contributed by atoms with van der Waals surface area (Å²) in [6.45, 7) is 3.35. The van der Waals surface area contributed by atoms with Gasteiger partial charge in [0, 0.05) is 30.6 Å². The van der Waals surface area contributed by atoms with E-state index in [9.17, 15) is 4.79 Å². The monoisotopic (exact) mass is 356 g/mol. The lowest BCUT2D eigenvalue weighted by molar-refractivity contribution is 0.1000. The largest absolute Gasteiger partial charge is 0.366 e. The first-order valence-corrected chi connectivity index (χ1v) is 9.22. The standard InChI is InChI=1S/C19H24N4OS/c1-13-7-8-16(17(9-13)25-3)12-23-19(21-2)22-11-14-5-4-6-15(10-14)18(20)24/h4-10H,11-12H2,1-3H3,(H2,20,24)(H2,21,22,23). The molecule has 0 unspecified atom stereocenters. The number of hydrogen-bond donors (Lipinski definition) is 3. The van der Waals surface area contributed by atoms with E-state index in [1.165, 1.54) is 16.0 Å². The van der Waals surface area contributed by atoms with Gasteiger partial charge in [-0.2, -0.15) is 0 Å². The normalized spacial score (nSPS) is 11.2. The minimum Gasteiger partial charge on any atom is -0.366 e. The molecule has 2 rings (SSSR count). The average molecular weight is 356 g/mol. The Bertz CT molecular complexity index is 774. The van der Waals surface area contributed by atoms with Crippen molar-refractivity contribution in [3.8, 4) is 0 Å². The Hall–Kier alpha value is -2.47. The molecule has 0 saturated heterocycles. The van der Waals surface area contributed by atoms with Crippen LogP contribution in [0.2, 0.25) is 0 Å². The molecule has 0 saturated carbocycles. The Kier molecular flexibility index (Phi) is 6.89. The fraction of sp³-hybridized carbons (Fsp3) is 0.263. The molecule has 132 valence electrons. The molecule has 5 nitrogen and oxygen atoms in total. The van der Waals surface area contributed by atoms with Gasteiger partial charge in [-0.15, -0.1) is 11.8 Å². The first-order valence-electron chi connectivity index (χ1n) is 8.00. The van der Waals surface area contributed by atoms with Crippen molar-refractivity contribution in [1.82, 2.24) is 10.6 Å². The van der Waals surface area contributed by atoms with Gasteiger partial charge in [0.2, 0.25) is 5.91 Å². The van der Waals surface area contributed by atoms with Gasteiger partial charge in [0.15, 0.2) is 5.96 Å². The Morgan fingerprint density at radius 2 is 1.92 bits per heavy atom. The molecule has 2 aromatic carbocycles. The highest BCUT2D eigenvalue weighted by Crippen LogP contribution is 2.21. The summed E-state index contributed by atoms with van der Waals surface area (Å²) in [5.74, 6) is 0.283. The van der Waals surface area contributed by atoms with E-state index in [1.54, 1.807) is 30.9 Å². The molecule has 0 spiro atoms. The Morgan fingerprint density at radius 3 is 2.60 bits per heavy atom. The first-order chi connectivity index (χ1) is 12.0. The van der Waals surface area contributed by atoms with E-state index in [4.69, 9.17) is 5.73 Å². The lowest BCUT2D eigenvalue weighted by Gasteiger charge is -2.14. The number of guanidine groups is 1. The Morgan fingerprint density at radius 1 is 1.16 bits per heavy atom. The Labute approximate surface area is 153 Å². The maximum atomic E-state index is 11.3. The van der Waals surface area contributed by atoms with Crippen LogP contribution in [0.1, 0.15) is 27.0 Å². The number of nitrogens with two attached hydrogens (primary N) is 1. The van der Waals surface area contributed by atoms with Crippen LogP contribution in [0.3, 0.4) is 0 Å². The lowest BCUT2D eigenvalue weighted by Crippen LogP contribution is -2.36. The molecule has 2 aromatic rings. The zero-order chi connectivity index (χ0) is 18.2. The number of amides is 1. The molecule has 0 radical (unpaired) electrons. The van der Waals surface area contributed by atoms with Crippen LogP contribution >= 0.6 is 11.8 Å². The predicted molar refractivity (Wildman–Crippen MR) is 105 cm³/mol. The van der Waals surface area contributed by atoms with E-state index >= 15 is 0 Å². The second-order valence-corrected chi connectivity index (χ2v) is 6.51. The number of benzene rings is 2. The van der Waals surface area contributed by atoms with Gasteiger partial charge < -0.3 is 16.4 Å². The summed E-state index contributed by atoms with van der Waals surface area (Å²) < 4.78 is 0. The molecule has 0 aliphatic carbocycles. The molecule has 0 aliphatic heterocycles. The van der Waals surface area contributed by atoms with Crippen molar-refractivity contribution in [2.75, 3.05) is 13.3 Å². The van der Waals surface area contributed by atoms with Crippen LogP contribution in [0, 0.1) is 6.92 Å². The third-order valence-electron chi connectivity index (χ3n) is 3.78. The summed E-state index contributed by atoms with van der Waals surface area (Å²) in [4.78, 5) is 16.8. The third-order valence-corrected chi connectivity index (χ3v) is 4.60. The summed E-state index contributed by atoms with van der Waals surface area (Å²) in [5.41, 5.74) is 9.28. The maximum absolute atomic E-state index is 11.3. The van der Waals surface area contributed by atoms with Gasteiger partial charge in [-0.25, -0.2) is 0 Å². The van der Waals surface area contributed by atoms with Crippen molar-refractivity contribution in [2.24, 2.45) is 10.7 Å². The summed E-state index contributed by atoms with van der Waals surface area (Å²) >= 11 is 1.74. The SMILES string of the molecule is CN=C(NCc1cccc(C(N)=O)c1)NCc1ccc(C)cc1SC. The number of rotatable bonds is 6. The summed E-state index contributed by atoms with van der Waals surface area (Å²) in [7, 11) is 1.74. The molecule has 0 heterocycles. The molecule has 0 aliphatic rings. The highest BCUT2D eigenvalue weighted by atomic mass is 32.2. The quantitative estimate of drug-likeness (QED) is 0.422. The smallest absolute Gasteiger partial charge is 0.248 e. The van der Waals surface area contributed by atoms with Gasteiger partial charge in [0.1, 0.15) is 0 Å². The van der Waals surface area contributed by atoms with Crippen molar-refractivity contribution < 1.29 is 4.79 Å². The fourth-order valence-electron chi connectivity index (χ4n) is 2.42. The van der Waals surface area contributed by atoms with E-state index in [0.717, 1.165) is 5.56 Å². The fourth-order valence-corrected chi connectivity index (χ4v) is 3.12. The number of nitrogens with one attached hydrogen (secondary N) is 2. The number of aryl methyl sites for hydroxylation is 1. The van der Waals surface area contributed by atoms with Gasteiger partial charge in [-0.3, -0.25) is 9.79 Å². The minimum atomic E-state index is -0.423. The predicted octanol–water partition coefficient (Wildman–Crippen LogP) is 2.68. The van der Waals surface area contributed by atoms with Gasteiger partial charge in [-0.05, 0) is 48.1 Å². The van der Waals surface area contributed by atoms with Crippen LogP contribution in [0.5, 0.6) is 0 Å². The molecule has 4 N–H and O–H groups in total. The van der Waals surface area contributed by atoms with Gasteiger partial charge in [-0.1, -0.05) is 24.3 Å². The summed E-state index contributed by atoms with van der Waals surface area (Å²) in [6, 6.07) is 13.7. The highest BCUT2D eigenvalue weighted by molar-refractivity contribution is 7.98. The van der Waals surface area contributed by atoms with Crippen molar-refractivity contribution in [2.45, 2.75) is 24.9 Å². The third kappa shape index (κ3) is 5.53. The van der Waals surface area contributed by atoms with E-state index in [1.807, 2.05) is 12.1 Å². The molecule has 0 aromatic heterocycles. The summed E-state index contributed by atoms with van der Waals surface area (Å²) in [5, 5.41) is 6.57. The van der Waals surface area contributed by atoms with E-state index < -0.39 is 5.91 Å². The topological polar surface area (TPSA) is 79.5 Å². The highest BCUT2D eigenvalue weighted by Gasteiger charge is 2.05. The van der Waals surface area contributed by atoms with Crippen molar-refractivity contribution in [1.29, 1.82) is 0 Å². The Balaban J connectivity index is 1.95. The number of primary amides is 1. The van der Waals surface area contributed by atoms with E-state index in [-0.39, 0.29) is 0 Å². The van der Waals surface area contributed by atoms with E-state index in [2.05, 4.69) is 47.0 Å². The first kappa shape index (κ1) is 18.9. The minimum absolute atomic E-state index is 0.423. The van der Waals surface area contributed by atoms with Crippen LogP contribution in [-0.4, -0.2) is 25.2 Å². The molecule has 1 amide bonds. The van der Waals surface area contributed by atoms with Crippen molar-refractivity contribution >= 4 is 23.6 Å². The van der Waals surface area contributed by atoms with Crippen LogP contribution in [0.4, 0.5) is 0 Å². The molecule has 6 heteroatoms. The van der Waals surface area contributed by atoms with Crippen LogP contribution < -0.4 is 16.4 Å². The maximum Gasteiger partial charge on any atom is 0.248 e. The zero-order valence-electron chi connectivity index (χ0n) is 14.8. The molecule has 0 bridgehead atoms. The second kappa shape index (κ2) is 9.13. The number of carbonyl (C=O) groups excluding carboxylic acids is 1. The lowest BCUT2D eigenvalue weighted by atomic mass is 10.1. The number of thioether (sulfide) groups is 1. The van der Waals surface area contributed by atoms with Crippen molar-refractivity contribution in [3.63, 3.8) is 0 Å². The van der Waals surface area contributed by atoms with Crippen LogP contribution in [0.15, 0.2) is 52.4 Å². The number of carbonyl (C=O) groups is 1. The van der Waals surface area contributed by atoms with Gasteiger partial charge in [0.05, 0.1) is 0 Å². The van der Waals surface area contributed by atoms with E-state index in [0.29, 0.717) is 24.6 Å². The van der Waals surface area contributed by atoms with Crippen LogP contribution in [0.25, 0.3) is 0 Å². The molecule has 25 heavy (non-hydrogen) atoms. The number of aliphatic imine (C=N–C) groups is 1. The zero-order valence-corrected chi connectivity index (χ0v) is 15.6. The average Bonchev–Trinajstić information content (AvgIpc) is 2.62.